The van der Waals surface area contributed by atoms with Gasteiger partial charge in [-0.3, -0.25) is 4.79 Å². The van der Waals surface area contributed by atoms with Gasteiger partial charge in [0.15, 0.2) is 0 Å². The van der Waals surface area contributed by atoms with Gasteiger partial charge in [0.2, 0.25) is 5.91 Å². The molecule has 0 spiro atoms. The van der Waals surface area contributed by atoms with Crippen LogP contribution in [0.2, 0.25) is 0 Å². The first kappa shape index (κ1) is 12.5. The average Bonchev–Trinajstić information content (AvgIpc) is 2.92. The van der Waals surface area contributed by atoms with Gasteiger partial charge in [-0.15, -0.1) is 0 Å². The first-order chi connectivity index (χ1) is 6.88. The highest BCUT2D eigenvalue weighted by molar-refractivity contribution is 5.75. The molecule has 1 aliphatic rings. The Bertz CT molecular complexity index is 216. The number of rotatable bonds is 5. The van der Waals surface area contributed by atoms with Crippen molar-refractivity contribution in [3.05, 3.63) is 0 Å². The maximum absolute atomic E-state index is 11.5. The molecule has 0 aromatic rings. The molecule has 1 unspecified atom stereocenters. The summed E-state index contributed by atoms with van der Waals surface area (Å²) in [6.07, 6.45) is 4.01. The van der Waals surface area contributed by atoms with Crippen LogP contribution >= 0.6 is 0 Å². The van der Waals surface area contributed by atoms with Gasteiger partial charge in [0.05, 0.1) is 0 Å². The standard InChI is InChI=1S/C12H24N2O/c1-12(2,3)7-6-11(15)14-8-10(13)9-4-5-9/h9-10H,4-8,13H2,1-3H3,(H,14,15). The molecule has 1 amide bonds. The van der Waals surface area contributed by atoms with Crippen LogP contribution in [0.3, 0.4) is 0 Å². The third kappa shape index (κ3) is 5.78. The second-order valence-corrected chi connectivity index (χ2v) is 5.87. The van der Waals surface area contributed by atoms with Crippen molar-refractivity contribution < 1.29 is 4.79 Å². The topological polar surface area (TPSA) is 55.1 Å². The summed E-state index contributed by atoms with van der Waals surface area (Å²) in [5, 5.41) is 2.91. The van der Waals surface area contributed by atoms with Crippen molar-refractivity contribution in [3.8, 4) is 0 Å². The SMILES string of the molecule is CC(C)(C)CCC(=O)NCC(N)C1CC1. The molecule has 0 bridgehead atoms. The van der Waals surface area contributed by atoms with Crippen molar-refractivity contribution in [2.24, 2.45) is 17.1 Å². The zero-order valence-electron chi connectivity index (χ0n) is 10.2. The first-order valence-electron chi connectivity index (χ1n) is 5.91. The minimum absolute atomic E-state index is 0.140. The van der Waals surface area contributed by atoms with Gasteiger partial charge in [0, 0.05) is 19.0 Å². The zero-order chi connectivity index (χ0) is 11.5. The van der Waals surface area contributed by atoms with Crippen LogP contribution in [0.25, 0.3) is 0 Å². The molecule has 15 heavy (non-hydrogen) atoms. The fourth-order valence-corrected chi connectivity index (χ4v) is 1.50. The summed E-state index contributed by atoms with van der Waals surface area (Å²) in [5.74, 6) is 0.800. The molecule has 1 saturated carbocycles. The lowest BCUT2D eigenvalue weighted by molar-refractivity contribution is -0.121. The quantitative estimate of drug-likeness (QED) is 0.728. The van der Waals surface area contributed by atoms with Gasteiger partial charge in [-0.2, -0.15) is 0 Å². The van der Waals surface area contributed by atoms with Gasteiger partial charge in [-0.05, 0) is 30.6 Å². The molecule has 0 heterocycles. The summed E-state index contributed by atoms with van der Waals surface area (Å²) in [7, 11) is 0. The Morgan fingerprint density at radius 3 is 2.53 bits per heavy atom. The van der Waals surface area contributed by atoms with Gasteiger partial charge in [0.25, 0.3) is 0 Å². The minimum Gasteiger partial charge on any atom is -0.355 e. The summed E-state index contributed by atoms with van der Waals surface area (Å²) in [6.45, 7) is 7.09. The summed E-state index contributed by atoms with van der Waals surface area (Å²) in [5.41, 5.74) is 6.13. The van der Waals surface area contributed by atoms with E-state index in [1.54, 1.807) is 0 Å². The fraction of sp³-hybridized carbons (Fsp3) is 0.917. The Morgan fingerprint density at radius 2 is 2.07 bits per heavy atom. The largest absolute Gasteiger partial charge is 0.355 e. The number of hydrogen-bond donors (Lipinski definition) is 2. The van der Waals surface area contributed by atoms with Gasteiger partial charge in [-0.1, -0.05) is 20.8 Å². The van der Waals surface area contributed by atoms with Crippen LogP contribution in [-0.4, -0.2) is 18.5 Å². The predicted molar refractivity (Wildman–Crippen MR) is 62.4 cm³/mol. The van der Waals surface area contributed by atoms with E-state index >= 15 is 0 Å². The Morgan fingerprint density at radius 1 is 1.47 bits per heavy atom. The molecular weight excluding hydrogens is 188 g/mol. The number of carbonyl (C=O) groups excluding carboxylic acids is 1. The van der Waals surface area contributed by atoms with E-state index in [1.807, 2.05) is 0 Å². The third-order valence-electron chi connectivity index (χ3n) is 2.86. The van der Waals surface area contributed by atoms with E-state index in [4.69, 9.17) is 5.73 Å². The van der Waals surface area contributed by atoms with Crippen molar-refractivity contribution in [2.75, 3.05) is 6.54 Å². The van der Waals surface area contributed by atoms with Gasteiger partial charge >= 0.3 is 0 Å². The van der Waals surface area contributed by atoms with E-state index < -0.39 is 0 Å². The lowest BCUT2D eigenvalue weighted by atomic mass is 9.90. The molecule has 0 aliphatic heterocycles. The third-order valence-corrected chi connectivity index (χ3v) is 2.86. The number of carbonyl (C=O) groups is 1. The molecule has 0 aromatic heterocycles. The van der Waals surface area contributed by atoms with Crippen molar-refractivity contribution in [1.29, 1.82) is 0 Å². The molecule has 0 aromatic carbocycles. The molecule has 0 radical (unpaired) electrons. The average molecular weight is 212 g/mol. The first-order valence-corrected chi connectivity index (χ1v) is 5.91. The van der Waals surface area contributed by atoms with Crippen LogP contribution in [-0.2, 0) is 4.79 Å². The maximum Gasteiger partial charge on any atom is 0.220 e. The maximum atomic E-state index is 11.5. The smallest absolute Gasteiger partial charge is 0.220 e. The van der Waals surface area contributed by atoms with Crippen molar-refractivity contribution in [1.82, 2.24) is 5.32 Å². The number of nitrogens with two attached hydrogens (primary N) is 1. The number of amides is 1. The van der Waals surface area contributed by atoms with E-state index in [0.717, 1.165) is 6.42 Å². The van der Waals surface area contributed by atoms with E-state index in [0.29, 0.717) is 18.9 Å². The van der Waals surface area contributed by atoms with E-state index in [2.05, 4.69) is 26.1 Å². The highest BCUT2D eigenvalue weighted by atomic mass is 16.1. The van der Waals surface area contributed by atoms with E-state index in [1.165, 1.54) is 12.8 Å². The predicted octanol–water partition coefficient (Wildman–Crippen LogP) is 1.67. The number of hydrogen-bond acceptors (Lipinski definition) is 2. The molecule has 3 heteroatoms. The molecule has 0 saturated heterocycles. The molecule has 3 N–H and O–H groups in total. The summed E-state index contributed by atoms with van der Waals surface area (Å²) in [4.78, 5) is 11.5. The second kappa shape index (κ2) is 4.97. The summed E-state index contributed by atoms with van der Waals surface area (Å²) in [6, 6.07) is 0.170. The summed E-state index contributed by atoms with van der Waals surface area (Å²) < 4.78 is 0. The van der Waals surface area contributed by atoms with Crippen LogP contribution in [0.4, 0.5) is 0 Å². The van der Waals surface area contributed by atoms with E-state index in [9.17, 15) is 4.79 Å². The monoisotopic (exact) mass is 212 g/mol. The lowest BCUT2D eigenvalue weighted by Crippen LogP contribution is -2.38. The zero-order valence-corrected chi connectivity index (χ0v) is 10.2. The van der Waals surface area contributed by atoms with Gasteiger partial charge < -0.3 is 11.1 Å². The highest BCUT2D eigenvalue weighted by Gasteiger charge is 2.28. The van der Waals surface area contributed by atoms with Crippen LogP contribution in [0.15, 0.2) is 0 Å². The fourth-order valence-electron chi connectivity index (χ4n) is 1.50. The van der Waals surface area contributed by atoms with Crippen LogP contribution < -0.4 is 11.1 Å². The normalized spacial score (nSPS) is 18.7. The molecule has 1 rings (SSSR count). The lowest BCUT2D eigenvalue weighted by Gasteiger charge is -2.18. The Balaban J connectivity index is 2.07. The van der Waals surface area contributed by atoms with Crippen molar-refractivity contribution in [3.63, 3.8) is 0 Å². The molecule has 3 nitrogen and oxygen atoms in total. The highest BCUT2D eigenvalue weighted by Crippen LogP contribution is 2.31. The summed E-state index contributed by atoms with van der Waals surface area (Å²) >= 11 is 0. The van der Waals surface area contributed by atoms with Crippen LogP contribution in [0.1, 0.15) is 46.5 Å². The Hall–Kier alpha value is -0.570. The Kier molecular flexibility index (Phi) is 4.14. The van der Waals surface area contributed by atoms with Crippen molar-refractivity contribution >= 4 is 5.91 Å². The molecular formula is C12H24N2O. The van der Waals surface area contributed by atoms with Gasteiger partial charge in [-0.25, -0.2) is 0 Å². The molecule has 88 valence electrons. The van der Waals surface area contributed by atoms with Crippen molar-refractivity contribution in [2.45, 2.75) is 52.5 Å². The molecule has 1 atom stereocenters. The van der Waals surface area contributed by atoms with Crippen LogP contribution in [0, 0.1) is 11.3 Å². The van der Waals surface area contributed by atoms with E-state index in [-0.39, 0.29) is 17.4 Å². The van der Waals surface area contributed by atoms with Gasteiger partial charge in [0.1, 0.15) is 0 Å². The molecule has 1 fully saturated rings. The minimum atomic E-state index is 0.140. The van der Waals surface area contributed by atoms with Crippen LogP contribution in [0.5, 0.6) is 0 Å². The Labute approximate surface area is 92.8 Å². The molecule has 1 aliphatic carbocycles. The second-order valence-electron chi connectivity index (χ2n) is 5.87. The number of nitrogens with one attached hydrogen (secondary N) is 1.